The smallest absolute Gasteiger partial charge is 0.0736 e. The highest BCUT2D eigenvalue weighted by Gasteiger charge is 2.33. The van der Waals surface area contributed by atoms with Crippen LogP contribution in [0.2, 0.25) is 0 Å². The maximum atomic E-state index is 10.3. The predicted molar refractivity (Wildman–Crippen MR) is 78.7 cm³/mol. The van der Waals surface area contributed by atoms with Gasteiger partial charge in [0.15, 0.2) is 0 Å². The Morgan fingerprint density at radius 1 is 1.28 bits per heavy atom. The molecule has 1 aliphatic rings. The topological polar surface area (TPSA) is 32.3 Å². The molecule has 0 saturated carbocycles. The molecule has 3 heteroatoms. The SMILES string of the molecule is CC(C)CC1CNCC(O)C1c1ccc(Br)cc1. The minimum atomic E-state index is -0.274. The first kappa shape index (κ1) is 14.0. The summed E-state index contributed by atoms with van der Waals surface area (Å²) in [4.78, 5) is 0. The molecule has 100 valence electrons. The number of rotatable bonds is 3. The molecule has 2 N–H and O–H groups in total. The van der Waals surface area contributed by atoms with Gasteiger partial charge < -0.3 is 10.4 Å². The van der Waals surface area contributed by atoms with E-state index in [1.807, 2.05) is 0 Å². The Morgan fingerprint density at radius 3 is 2.56 bits per heavy atom. The van der Waals surface area contributed by atoms with Crippen LogP contribution in [0.3, 0.4) is 0 Å². The summed E-state index contributed by atoms with van der Waals surface area (Å²) in [6.45, 7) is 6.21. The van der Waals surface area contributed by atoms with E-state index in [1.54, 1.807) is 0 Å². The Morgan fingerprint density at radius 2 is 1.94 bits per heavy atom. The molecule has 1 fully saturated rings. The second-order valence-electron chi connectivity index (χ2n) is 5.69. The van der Waals surface area contributed by atoms with Crippen molar-refractivity contribution in [2.75, 3.05) is 13.1 Å². The summed E-state index contributed by atoms with van der Waals surface area (Å²) in [6.07, 6.45) is 0.883. The van der Waals surface area contributed by atoms with Gasteiger partial charge in [0.1, 0.15) is 0 Å². The molecule has 0 amide bonds. The van der Waals surface area contributed by atoms with Crippen LogP contribution in [0.1, 0.15) is 31.7 Å². The fourth-order valence-electron chi connectivity index (χ4n) is 3.00. The summed E-state index contributed by atoms with van der Waals surface area (Å²) in [6, 6.07) is 8.40. The number of piperidine rings is 1. The Hall–Kier alpha value is -0.380. The number of benzene rings is 1. The second-order valence-corrected chi connectivity index (χ2v) is 6.61. The number of β-amino-alcohol motifs (C(OH)–C–C–N with tert-alkyl or cyclic N) is 1. The molecule has 18 heavy (non-hydrogen) atoms. The quantitative estimate of drug-likeness (QED) is 0.898. The number of nitrogens with one attached hydrogen (secondary N) is 1. The van der Waals surface area contributed by atoms with Crippen LogP contribution < -0.4 is 5.32 Å². The molecule has 1 aliphatic heterocycles. The molecule has 3 atom stereocenters. The lowest BCUT2D eigenvalue weighted by Crippen LogP contribution is -2.45. The van der Waals surface area contributed by atoms with Crippen LogP contribution in [0.25, 0.3) is 0 Å². The van der Waals surface area contributed by atoms with Crippen LogP contribution in [-0.4, -0.2) is 24.3 Å². The Balaban J connectivity index is 2.21. The zero-order valence-corrected chi connectivity index (χ0v) is 12.7. The molecular weight excluding hydrogens is 290 g/mol. The van der Waals surface area contributed by atoms with Crippen LogP contribution in [-0.2, 0) is 0 Å². The highest BCUT2D eigenvalue weighted by Crippen LogP contribution is 2.34. The highest BCUT2D eigenvalue weighted by atomic mass is 79.9. The average molecular weight is 312 g/mol. The van der Waals surface area contributed by atoms with Crippen LogP contribution in [0.4, 0.5) is 0 Å². The molecule has 1 heterocycles. The summed E-state index contributed by atoms with van der Waals surface area (Å²) in [7, 11) is 0. The van der Waals surface area contributed by atoms with Gasteiger partial charge in [-0.2, -0.15) is 0 Å². The van der Waals surface area contributed by atoms with Crippen molar-refractivity contribution >= 4 is 15.9 Å². The first-order chi connectivity index (χ1) is 8.58. The van der Waals surface area contributed by atoms with Gasteiger partial charge in [-0.05, 0) is 42.5 Å². The highest BCUT2D eigenvalue weighted by molar-refractivity contribution is 9.10. The Labute approximate surface area is 118 Å². The van der Waals surface area contributed by atoms with Gasteiger partial charge in [-0.25, -0.2) is 0 Å². The normalized spacial score (nSPS) is 28.6. The number of aliphatic hydroxyl groups is 1. The van der Waals surface area contributed by atoms with Crippen molar-refractivity contribution in [2.45, 2.75) is 32.3 Å². The molecule has 0 radical (unpaired) electrons. The van der Waals surface area contributed by atoms with E-state index in [2.05, 4.69) is 59.4 Å². The number of aliphatic hydroxyl groups excluding tert-OH is 1. The van der Waals surface area contributed by atoms with Crippen LogP contribution >= 0.6 is 15.9 Å². The van der Waals surface area contributed by atoms with Gasteiger partial charge in [-0.1, -0.05) is 41.9 Å². The fourth-order valence-corrected chi connectivity index (χ4v) is 3.26. The maximum absolute atomic E-state index is 10.3. The molecule has 0 aromatic heterocycles. The molecule has 3 unspecified atom stereocenters. The second kappa shape index (κ2) is 6.18. The maximum Gasteiger partial charge on any atom is 0.0736 e. The molecule has 1 aromatic carbocycles. The van der Waals surface area contributed by atoms with E-state index in [-0.39, 0.29) is 12.0 Å². The Kier molecular flexibility index (Phi) is 4.82. The molecule has 0 aliphatic carbocycles. The van der Waals surface area contributed by atoms with Gasteiger partial charge >= 0.3 is 0 Å². The first-order valence-electron chi connectivity index (χ1n) is 6.72. The van der Waals surface area contributed by atoms with E-state index in [4.69, 9.17) is 0 Å². The molecular formula is C15H22BrNO. The average Bonchev–Trinajstić information content (AvgIpc) is 2.30. The lowest BCUT2D eigenvalue weighted by Gasteiger charge is -2.37. The minimum absolute atomic E-state index is 0.266. The summed E-state index contributed by atoms with van der Waals surface area (Å²) >= 11 is 3.47. The van der Waals surface area contributed by atoms with Gasteiger partial charge in [0, 0.05) is 16.9 Å². The minimum Gasteiger partial charge on any atom is -0.391 e. The zero-order chi connectivity index (χ0) is 13.1. The van der Waals surface area contributed by atoms with E-state index in [0.29, 0.717) is 18.4 Å². The monoisotopic (exact) mass is 311 g/mol. The number of hydrogen-bond acceptors (Lipinski definition) is 2. The largest absolute Gasteiger partial charge is 0.391 e. The van der Waals surface area contributed by atoms with E-state index < -0.39 is 0 Å². The predicted octanol–water partition coefficient (Wildman–Crippen LogP) is 3.16. The number of halogens is 1. The van der Waals surface area contributed by atoms with E-state index in [9.17, 15) is 5.11 Å². The van der Waals surface area contributed by atoms with Crippen molar-refractivity contribution < 1.29 is 5.11 Å². The summed E-state index contributed by atoms with van der Waals surface area (Å²) in [5, 5.41) is 13.6. The van der Waals surface area contributed by atoms with Gasteiger partial charge in [-0.3, -0.25) is 0 Å². The third kappa shape index (κ3) is 3.34. The molecule has 0 spiro atoms. The van der Waals surface area contributed by atoms with Gasteiger partial charge in [-0.15, -0.1) is 0 Å². The lowest BCUT2D eigenvalue weighted by molar-refractivity contribution is 0.0791. The number of hydrogen-bond donors (Lipinski definition) is 2. The van der Waals surface area contributed by atoms with Crippen molar-refractivity contribution in [1.82, 2.24) is 5.32 Å². The zero-order valence-electron chi connectivity index (χ0n) is 11.1. The summed E-state index contributed by atoms with van der Waals surface area (Å²) < 4.78 is 1.09. The van der Waals surface area contributed by atoms with Crippen LogP contribution in [0.15, 0.2) is 28.7 Å². The standard InChI is InChI=1S/C15H22BrNO/c1-10(2)7-12-8-17-9-14(18)15(12)11-3-5-13(16)6-4-11/h3-6,10,12,14-15,17-18H,7-9H2,1-2H3. The molecule has 1 aromatic rings. The lowest BCUT2D eigenvalue weighted by atomic mass is 9.76. The molecule has 2 nitrogen and oxygen atoms in total. The fraction of sp³-hybridized carbons (Fsp3) is 0.600. The van der Waals surface area contributed by atoms with Crippen molar-refractivity contribution in [1.29, 1.82) is 0 Å². The summed E-state index contributed by atoms with van der Waals surface area (Å²) in [5.41, 5.74) is 1.26. The summed E-state index contributed by atoms with van der Waals surface area (Å²) in [5.74, 6) is 1.46. The van der Waals surface area contributed by atoms with Crippen molar-refractivity contribution in [3.05, 3.63) is 34.3 Å². The van der Waals surface area contributed by atoms with Crippen molar-refractivity contribution in [3.63, 3.8) is 0 Å². The van der Waals surface area contributed by atoms with Gasteiger partial charge in [0.2, 0.25) is 0 Å². The van der Waals surface area contributed by atoms with Gasteiger partial charge in [0.25, 0.3) is 0 Å². The third-order valence-electron chi connectivity index (χ3n) is 3.71. The molecule has 2 rings (SSSR count). The Bertz CT molecular complexity index is 377. The van der Waals surface area contributed by atoms with Gasteiger partial charge in [0.05, 0.1) is 6.10 Å². The van der Waals surface area contributed by atoms with Crippen molar-refractivity contribution in [3.8, 4) is 0 Å². The molecule has 0 bridgehead atoms. The van der Waals surface area contributed by atoms with E-state index in [1.165, 1.54) is 5.56 Å². The van der Waals surface area contributed by atoms with E-state index >= 15 is 0 Å². The first-order valence-corrected chi connectivity index (χ1v) is 7.51. The van der Waals surface area contributed by atoms with Crippen LogP contribution in [0, 0.1) is 11.8 Å². The third-order valence-corrected chi connectivity index (χ3v) is 4.24. The van der Waals surface area contributed by atoms with Crippen LogP contribution in [0.5, 0.6) is 0 Å². The van der Waals surface area contributed by atoms with Crippen molar-refractivity contribution in [2.24, 2.45) is 11.8 Å². The molecule has 1 saturated heterocycles. The van der Waals surface area contributed by atoms with E-state index in [0.717, 1.165) is 17.4 Å².